The number of halogens is 1. The largest absolute Gasteiger partial charge is 0.464 e. The van der Waals surface area contributed by atoms with Crippen molar-refractivity contribution in [2.75, 3.05) is 6.79 Å². The number of para-hydroxylation sites is 1. The summed E-state index contributed by atoms with van der Waals surface area (Å²) in [5.41, 5.74) is 3.74. The molecule has 3 heterocycles. The molecule has 2 atom stereocenters. The average Bonchev–Trinajstić information content (AvgIpc) is 3.40. The van der Waals surface area contributed by atoms with E-state index in [-0.39, 0.29) is 18.7 Å². The van der Waals surface area contributed by atoms with Gasteiger partial charge in [-0.2, -0.15) is 5.10 Å². The Kier molecular flexibility index (Phi) is 3.53. The highest BCUT2D eigenvalue weighted by Gasteiger charge is 2.41. The molecule has 0 spiro atoms. The van der Waals surface area contributed by atoms with Crippen molar-refractivity contribution in [1.29, 1.82) is 0 Å². The third-order valence-corrected chi connectivity index (χ3v) is 5.54. The number of hydrogen-bond donors (Lipinski definition) is 0. The van der Waals surface area contributed by atoms with Gasteiger partial charge in [0.05, 0.1) is 11.8 Å². The SMILES string of the molecule is Fc1cccc([C@@H]2Oc3ccccc3[C@@H]3CC(c4ccc5c(c4)OCO5)=NN32)c1. The Hall–Kier alpha value is -3.54. The van der Waals surface area contributed by atoms with Crippen LogP contribution in [0.5, 0.6) is 17.2 Å². The van der Waals surface area contributed by atoms with Gasteiger partial charge in [-0.1, -0.05) is 30.3 Å². The van der Waals surface area contributed by atoms with Crippen molar-refractivity contribution >= 4 is 5.71 Å². The number of rotatable bonds is 2. The molecule has 0 aliphatic carbocycles. The minimum atomic E-state index is -0.489. The van der Waals surface area contributed by atoms with Gasteiger partial charge >= 0.3 is 0 Å². The maximum Gasteiger partial charge on any atom is 0.231 e. The Balaban J connectivity index is 1.44. The molecule has 0 saturated heterocycles. The monoisotopic (exact) mass is 388 g/mol. The van der Waals surface area contributed by atoms with Crippen LogP contribution in [0, 0.1) is 5.82 Å². The van der Waals surface area contributed by atoms with Crippen molar-refractivity contribution in [2.45, 2.75) is 18.7 Å². The number of benzene rings is 3. The van der Waals surface area contributed by atoms with Gasteiger partial charge in [0.15, 0.2) is 11.5 Å². The summed E-state index contributed by atoms with van der Waals surface area (Å²) >= 11 is 0. The first-order valence-corrected chi connectivity index (χ1v) is 9.53. The summed E-state index contributed by atoms with van der Waals surface area (Å²) < 4.78 is 31.1. The Labute approximate surface area is 166 Å². The zero-order valence-corrected chi connectivity index (χ0v) is 15.4. The molecule has 0 radical (unpaired) electrons. The second-order valence-electron chi connectivity index (χ2n) is 7.28. The van der Waals surface area contributed by atoms with E-state index >= 15 is 0 Å². The van der Waals surface area contributed by atoms with E-state index in [0.717, 1.165) is 46.1 Å². The topological polar surface area (TPSA) is 43.3 Å². The smallest absolute Gasteiger partial charge is 0.231 e. The van der Waals surface area contributed by atoms with Crippen molar-refractivity contribution in [3.63, 3.8) is 0 Å². The summed E-state index contributed by atoms with van der Waals surface area (Å²) in [6.45, 7) is 0.239. The first-order valence-electron chi connectivity index (χ1n) is 9.53. The first kappa shape index (κ1) is 16.4. The quantitative estimate of drug-likeness (QED) is 0.633. The second kappa shape index (κ2) is 6.24. The predicted octanol–water partition coefficient (Wildman–Crippen LogP) is 4.80. The van der Waals surface area contributed by atoms with E-state index in [9.17, 15) is 4.39 Å². The van der Waals surface area contributed by atoms with Gasteiger partial charge in [0.25, 0.3) is 0 Å². The molecule has 3 aliphatic rings. The summed E-state index contributed by atoms with van der Waals surface area (Å²) in [6, 6.07) is 20.4. The van der Waals surface area contributed by atoms with Gasteiger partial charge in [-0.05, 0) is 36.4 Å². The highest BCUT2D eigenvalue weighted by Crippen LogP contribution is 2.47. The van der Waals surface area contributed by atoms with E-state index in [2.05, 4.69) is 6.07 Å². The van der Waals surface area contributed by atoms with Gasteiger partial charge in [0, 0.05) is 23.1 Å². The highest BCUT2D eigenvalue weighted by atomic mass is 19.1. The lowest BCUT2D eigenvalue weighted by Crippen LogP contribution is -2.33. The summed E-state index contributed by atoms with van der Waals surface area (Å²) in [5.74, 6) is 2.00. The molecule has 3 aromatic carbocycles. The van der Waals surface area contributed by atoms with Gasteiger partial charge < -0.3 is 14.2 Å². The Bertz CT molecular complexity index is 1150. The molecule has 6 rings (SSSR count). The third-order valence-electron chi connectivity index (χ3n) is 5.54. The molecule has 3 aliphatic heterocycles. The maximum absolute atomic E-state index is 13.9. The van der Waals surface area contributed by atoms with Crippen molar-refractivity contribution in [3.8, 4) is 17.2 Å². The lowest BCUT2D eigenvalue weighted by Gasteiger charge is -2.38. The zero-order valence-electron chi connectivity index (χ0n) is 15.4. The van der Waals surface area contributed by atoms with Crippen LogP contribution >= 0.6 is 0 Å². The maximum atomic E-state index is 13.9. The molecule has 0 fully saturated rings. The molecular formula is C23H17FN2O3. The van der Waals surface area contributed by atoms with Gasteiger partial charge in [-0.3, -0.25) is 0 Å². The Morgan fingerprint density at radius 2 is 1.79 bits per heavy atom. The van der Waals surface area contributed by atoms with E-state index in [1.165, 1.54) is 12.1 Å². The van der Waals surface area contributed by atoms with Crippen molar-refractivity contribution in [2.24, 2.45) is 5.10 Å². The molecule has 0 saturated carbocycles. The minimum Gasteiger partial charge on any atom is -0.464 e. The summed E-state index contributed by atoms with van der Waals surface area (Å²) in [6.07, 6.45) is 0.239. The Morgan fingerprint density at radius 1 is 0.897 bits per heavy atom. The standard InChI is InChI=1S/C23H17FN2O3/c24-16-5-3-4-15(10-16)23-26-19(17-6-1-2-7-20(17)29-23)12-18(25-26)14-8-9-21-22(11-14)28-13-27-21/h1-11,19,23H,12-13H2/t19-,23-/m0/s1. The van der Waals surface area contributed by atoms with Crippen LogP contribution in [0.3, 0.4) is 0 Å². The van der Waals surface area contributed by atoms with Gasteiger partial charge in [-0.15, -0.1) is 0 Å². The van der Waals surface area contributed by atoms with Crippen molar-refractivity contribution in [3.05, 3.63) is 89.2 Å². The van der Waals surface area contributed by atoms with E-state index in [1.54, 1.807) is 6.07 Å². The number of hydrazone groups is 1. The number of ether oxygens (including phenoxy) is 3. The Morgan fingerprint density at radius 3 is 2.72 bits per heavy atom. The van der Waals surface area contributed by atoms with Crippen LogP contribution in [0.1, 0.15) is 35.4 Å². The van der Waals surface area contributed by atoms with Crippen LogP contribution in [0.2, 0.25) is 0 Å². The van der Waals surface area contributed by atoms with Crippen LogP contribution in [0.15, 0.2) is 71.8 Å². The normalized spacial score (nSPS) is 21.3. The second-order valence-corrected chi connectivity index (χ2v) is 7.28. The van der Waals surface area contributed by atoms with Crippen molar-refractivity contribution < 1.29 is 18.6 Å². The highest BCUT2D eigenvalue weighted by molar-refractivity contribution is 6.02. The number of fused-ring (bicyclic) bond motifs is 4. The third kappa shape index (κ3) is 2.63. The first-order chi connectivity index (χ1) is 14.3. The zero-order chi connectivity index (χ0) is 19.4. The van der Waals surface area contributed by atoms with Gasteiger partial charge in [-0.25, -0.2) is 9.40 Å². The van der Waals surface area contributed by atoms with E-state index in [4.69, 9.17) is 19.3 Å². The van der Waals surface area contributed by atoms with Crippen LogP contribution in [-0.4, -0.2) is 17.5 Å². The summed E-state index contributed by atoms with van der Waals surface area (Å²) in [4.78, 5) is 0. The molecule has 0 bridgehead atoms. The molecule has 0 N–H and O–H groups in total. The average molecular weight is 388 g/mol. The summed E-state index contributed by atoms with van der Waals surface area (Å²) in [5, 5.41) is 6.84. The fraction of sp³-hybridized carbons (Fsp3) is 0.174. The van der Waals surface area contributed by atoms with E-state index in [0.29, 0.717) is 0 Å². The number of nitrogens with zero attached hydrogens (tertiary/aromatic N) is 2. The molecule has 3 aromatic rings. The molecule has 6 heteroatoms. The lowest BCUT2D eigenvalue weighted by molar-refractivity contribution is -0.0192. The fourth-order valence-corrected chi connectivity index (χ4v) is 4.16. The molecule has 5 nitrogen and oxygen atoms in total. The molecular weight excluding hydrogens is 371 g/mol. The van der Waals surface area contributed by atoms with Gasteiger partial charge in [0.1, 0.15) is 11.6 Å². The van der Waals surface area contributed by atoms with Crippen LogP contribution in [0.4, 0.5) is 4.39 Å². The molecule has 144 valence electrons. The minimum absolute atomic E-state index is 0.0219. The summed E-state index contributed by atoms with van der Waals surface area (Å²) in [7, 11) is 0. The number of hydrogen-bond acceptors (Lipinski definition) is 5. The molecule has 0 aromatic heterocycles. The predicted molar refractivity (Wildman–Crippen MR) is 105 cm³/mol. The fourth-order valence-electron chi connectivity index (χ4n) is 4.16. The molecule has 0 unspecified atom stereocenters. The van der Waals surface area contributed by atoms with Crippen LogP contribution < -0.4 is 14.2 Å². The van der Waals surface area contributed by atoms with E-state index < -0.39 is 6.23 Å². The lowest BCUT2D eigenvalue weighted by atomic mass is 9.96. The van der Waals surface area contributed by atoms with Crippen molar-refractivity contribution in [1.82, 2.24) is 5.01 Å². The van der Waals surface area contributed by atoms with Gasteiger partial charge in [0.2, 0.25) is 13.0 Å². The molecule has 29 heavy (non-hydrogen) atoms. The van der Waals surface area contributed by atoms with E-state index in [1.807, 2.05) is 47.5 Å². The van der Waals surface area contributed by atoms with Crippen LogP contribution in [-0.2, 0) is 0 Å². The van der Waals surface area contributed by atoms with Crippen LogP contribution in [0.25, 0.3) is 0 Å². The molecule has 0 amide bonds.